The number of rotatable bonds is 4. The second-order valence-corrected chi connectivity index (χ2v) is 11.9. The fourth-order valence-electron chi connectivity index (χ4n) is 2.74. The van der Waals surface area contributed by atoms with Gasteiger partial charge in [0.1, 0.15) is 5.69 Å². The van der Waals surface area contributed by atoms with E-state index in [4.69, 9.17) is 0 Å². The molecule has 0 saturated carbocycles. The van der Waals surface area contributed by atoms with Crippen molar-refractivity contribution in [1.29, 1.82) is 0 Å². The highest BCUT2D eigenvalue weighted by Gasteiger charge is 2.20. The zero-order valence-electron chi connectivity index (χ0n) is 13.6. The molecule has 0 fully saturated rings. The molecule has 0 bridgehead atoms. The minimum atomic E-state index is -1.45. The van der Waals surface area contributed by atoms with E-state index in [1.54, 1.807) is 18.5 Å². The second-order valence-electron chi connectivity index (χ2n) is 6.80. The van der Waals surface area contributed by atoms with Crippen LogP contribution in [0.4, 0.5) is 0 Å². The van der Waals surface area contributed by atoms with Crippen molar-refractivity contribution >= 4 is 30.1 Å². The van der Waals surface area contributed by atoms with Gasteiger partial charge < -0.3 is 9.67 Å². The molecule has 0 amide bonds. The Morgan fingerprint density at radius 2 is 1.83 bits per heavy atom. The van der Waals surface area contributed by atoms with Gasteiger partial charge in [0, 0.05) is 29.8 Å². The smallest absolute Gasteiger partial charge is 0.352 e. The highest BCUT2D eigenvalue weighted by Crippen LogP contribution is 2.22. The number of benzene rings is 1. The number of carbonyl (C=O) groups is 1. The summed E-state index contributed by atoms with van der Waals surface area (Å²) in [6, 6.07) is 11.9. The molecule has 2 heterocycles. The van der Waals surface area contributed by atoms with Crippen LogP contribution in [0, 0.1) is 0 Å². The summed E-state index contributed by atoms with van der Waals surface area (Å²) < 4.78 is 1.89. The maximum absolute atomic E-state index is 11.6. The van der Waals surface area contributed by atoms with E-state index in [-0.39, 0.29) is 0 Å². The van der Waals surface area contributed by atoms with Gasteiger partial charge in [0.2, 0.25) is 0 Å². The molecule has 3 aromatic rings. The lowest BCUT2D eigenvalue weighted by Gasteiger charge is -2.17. The summed E-state index contributed by atoms with van der Waals surface area (Å²) in [6.45, 7) is 7.41. The number of fused-ring (bicyclic) bond motifs is 1. The van der Waals surface area contributed by atoms with E-state index in [9.17, 15) is 9.90 Å². The molecule has 5 heteroatoms. The Labute approximate surface area is 136 Å². The van der Waals surface area contributed by atoms with E-state index in [1.165, 1.54) is 5.19 Å². The van der Waals surface area contributed by atoms with Crippen molar-refractivity contribution in [3.8, 4) is 0 Å². The van der Waals surface area contributed by atoms with Crippen LogP contribution in [0.1, 0.15) is 16.1 Å². The van der Waals surface area contributed by atoms with Crippen LogP contribution in [0.5, 0.6) is 0 Å². The van der Waals surface area contributed by atoms with Crippen LogP contribution in [0.2, 0.25) is 19.6 Å². The summed E-state index contributed by atoms with van der Waals surface area (Å²) >= 11 is 0. The van der Waals surface area contributed by atoms with Crippen molar-refractivity contribution in [3.63, 3.8) is 0 Å². The Kier molecular flexibility index (Phi) is 3.81. The highest BCUT2D eigenvalue weighted by molar-refractivity contribution is 6.88. The van der Waals surface area contributed by atoms with E-state index in [0.29, 0.717) is 12.2 Å². The van der Waals surface area contributed by atoms with Crippen molar-refractivity contribution in [2.75, 3.05) is 0 Å². The lowest BCUT2D eigenvalue weighted by molar-refractivity contribution is 0.0686. The molecule has 0 spiro atoms. The molecule has 1 aromatic carbocycles. The SMILES string of the molecule is C[Si](C)(C)c1ccc2cc(C(=O)O)n(Cc3ccncc3)c2c1. The summed E-state index contributed by atoms with van der Waals surface area (Å²) in [5, 5.41) is 11.8. The Morgan fingerprint density at radius 1 is 1.13 bits per heavy atom. The molecule has 0 atom stereocenters. The van der Waals surface area contributed by atoms with Crippen LogP contribution in [0.3, 0.4) is 0 Å². The van der Waals surface area contributed by atoms with E-state index >= 15 is 0 Å². The van der Waals surface area contributed by atoms with Gasteiger partial charge >= 0.3 is 5.97 Å². The zero-order chi connectivity index (χ0) is 16.6. The number of hydrogen-bond acceptors (Lipinski definition) is 2. The third kappa shape index (κ3) is 3.05. The molecule has 0 unspecified atom stereocenters. The number of hydrogen-bond donors (Lipinski definition) is 1. The van der Waals surface area contributed by atoms with Crippen LogP contribution in [-0.4, -0.2) is 28.7 Å². The molecule has 4 nitrogen and oxygen atoms in total. The predicted octanol–water partition coefficient (Wildman–Crippen LogP) is 3.33. The minimum Gasteiger partial charge on any atom is -0.477 e. The van der Waals surface area contributed by atoms with Crippen LogP contribution in [0.15, 0.2) is 48.8 Å². The average Bonchev–Trinajstić information content (AvgIpc) is 2.86. The van der Waals surface area contributed by atoms with Crippen molar-refractivity contribution in [2.24, 2.45) is 0 Å². The Bertz CT molecular complexity index is 864. The molecule has 0 aliphatic rings. The highest BCUT2D eigenvalue weighted by atomic mass is 28.3. The molecule has 0 saturated heterocycles. The normalized spacial score (nSPS) is 11.8. The molecular formula is C18H20N2O2Si. The van der Waals surface area contributed by atoms with Gasteiger partial charge in [-0.2, -0.15) is 0 Å². The van der Waals surface area contributed by atoms with Crippen LogP contribution >= 0.6 is 0 Å². The summed E-state index contributed by atoms with van der Waals surface area (Å²) in [5.74, 6) is -0.898. The first-order valence-corrected chi connectivity index (χ1v) is 11.1. The van der Waals surface area contributed by atoms with Crippen LogP contribution in [0.25, 0.3) is 10.9 Å². The van der Waals surface area contributed by atoms with Crippen LogP contribution < -0.4 is 5.19 Å². The third-order valence-electron chi connectivity index (χ3n) is 4.08. The summed E-state index contributed by atoms with van der Waals surface area (Å²) in [6.07, 6.45) is 3.46. The lowest BCUT2D eigenvalue weighted by Crippen LogP contribution is -2.37. The number of carboxylic acid groups (broad SMARTS) is 1. The standard InChI is InChI=1S/C18H20N2O2Si/c1-23(2,3)15-5-4-14-10-17(18(21)22)20(16(14)11-15)12-13-6-8-19-9-7-13/h4-11H,12H2,1-3H3,(H,21,22). The number of carboxylic acids is 1. The van der Waals surface area contributed by atoms with Crippen molar-refractivity contribution in [1.82, 2.24) is 9.55 Å². The van der Waals surface area contributed by atoms with Gasteiger partial charge in [-0.1, -0.05) is 37.0 Å². The molecule has 23 heavy (non-hydrogen) atoms. The number of aromatic nitrogens is 2. The van der Waals surface area contributed by atoms with Crippen LogP contribution in [-0.2, 0) is 6.54 Å². The van der Waals surface area contributed by atoms with Gasteiger partial charge in [0.05, 0.1) is 8.07 Å². The zero-order valence-corrected chi connectivity index (χ0v) is 14.6. The molecule has 0 radical (unpaired) electrons. The van der Waals surface area contributed by atoms with Gasteiger partial charge in [0.25, 0.3) is 0 Å². The lowest BCUT2D eigenvalue weighted by atomic mass is 10.2. The van der Waals surface area contributed by atoms with E-state index in [0.717, 1.165) is 16.5 Å². The van der Waals surface area contributed by atoms with Gasteiger partial charge in [-0.3, -0.25) is 4.98 Å². The number of pyridine rings is 1. The van der Waals surface area contributed by atoms with E-state index in [2.05, 4.69) is 36.8 Å². The van der Waals surface area contributed by atoms with Gasteiger partial charge in [-0.15, -0.1) is 0 Å². The Hall–Kier alpha value is -2.40. The van der Waals surface area contributed by atoms with Crippen molar-refractivity contribution in [2.45, 2.75) is 26.2 Å². The molecular weight excluding hydrogens is 304 g/mol. The average molecular weight is 324 g/mol. The maximum atomic E-state index is 11.6. The fourth-order valence-corrected chi connectivity index (χ4v) is 3.89. The van der Waals surface area contributed by atoms with Gasteiger partial charge in [-0.25, -0.2) is 4.79 Å². The topological polar surface area (TPSA) is 55.1 Å². The monoisotopic (exact) mass is 324 g/mol. The summed E-state index contributed by atoms with van der Waals surface area (Å²) in [5.41, 5.74) is 2.35. The quantitative estimate of drug-likeness (QED) is 0.749. The first-order valence-electron chi connectivity index (χ1n) is 7.62. The fraction of sp³-hybridized carbons (Fsp3) is 0.222. The maximum Gasteiger partial charge on any atom is 0.352 e. The second kappa shape index (κ2) is 5.66. The van der Waals surface area contributed by atoms with E-state index in [1.807, 2.05) is 22.8 Å². The molecule has 1 N–H and O–H groups in total. The van der Waals surface area contributed by atoms with Crippen molar-refractivity contribution < 1.29 is 9.90 Å². The first-order chi connectivity index (χ1) is 10.9. The largest absolute Gasteiger partial charge is 0.477 e. The Morgan fingerprint density at radius 3 is 2.43 bits per heavy atom. The minimum absolute atomic E-state index is 0.324. The van der Waals surface area contributed by atoms with E-state index < -0.39 is 14.0 Å². The molecule has 118 valence electrons. The number of aromatic carboxylic acids is 1. The Balaban J connectivity index is 2.19. The van der Waals surface area contributed by atoms with Gasteiger partial charge in [-0.05, 0) is 29.8 Å². The summed E-state index contributed by atoms with van der Waals surface area (Å²) in [4.78, 5) is 15.7. The number of nitrogens with zero attached hydrogens (tertiary/aromatic N) is 2. The first kappa shape index (κ1) is 15.5. The molecule has 2 aromatic heterocycles. The third-order valence-corrected chi connectivity index (χ3v) is 6.12. The van der Waals surface area contributed by atoms with Crippen molar-refractivity contribution in [3.05, 3.63) is 60.0 Å². The molecule has 0 aliphatic carbocycles. The predicted molar refractivity (Wildman–Crippen MR) is 95.2 cm³/mol. The molecule has 0 aliphatic heterocycles. The summed E-state index contributed by atoms with van der Waals surface area (Å²) in [7, 11) is -1.45. The molecule has 3 rings (SSSR count). The van der Waals surface area contributed by atoms with Gasteiger partial charge in [0.15, 0.2) is 0 Å².